The van der Waals surface area contributed by atoms with E-state index >= 15 is 0 Å². The number of Topliss-reactive ketones (excluding diaryl/α,β-unsaturated/α-hetero) is 1. The van der Waals surface area contributed by atoms with Crippen LogP contribution in [0, 0.1) is 12.3 Å². The largest absolute Gasteiger partial charge is 0.469 e. The predicted molar refractivity (Wildman–Crippen MR) is 106 cm³/mol. The highest BCUT2D eigenvalue weighted by molar-refractivity contribution is 9.09. The molecule has 0 aliphatic carbocycles. The fraction of sp³-hybridized carbons (Fsp3) is 0.389. The maximum absolute atomic E-state index is 13.0. The summed E-state index contributed by atoms with van der Waals surface area (Å²) in [5, 5.41) is 5.44. The van der Waals surface area contributed by atoms with Crippen LogP contribution in [0.5, 0.6) is 5.88 Å². The van der Waals surface area contributed by atoms with E-state index in [2.05, 4.69) is 21.0 Å². The number of ketones is 2. The SMILES string of the molecule is Cc1nn(C)c(OCC(=O)C(C)(C)CBr)c1C(=O)c1ccc(Cl)cc1Cl. The van der Waals surface area contributed by atoms with Crippen LogP contribution < -0.4 is 4.74 Å². The first-order chi connectivity index (χ1) is 12.1. The second kappa shape index (κ2) is 8.11. The second-order valence-electron chi connectivity index (χ2n) is 6.57. The molecule has 0 aliphatic heterocycles. The first-order valence-corrected chi connectivity index (χ1v) is 9.71. The Hall–Kier alpha value is -1.37. The van der Waals surface area contributed by atoms with Crippen LogP contribution in [0.3, 0.4) is 0 Å². The summed E-state index contributed by atoms with van der Waals surface area (Å²) in [4.78, 5) is 25.3. The van der Waals surface area contributed by atoms with Gasteiger partial charge in [-0.1, -0.05) is 53.0 Å². The van der Waals surface area contributed by atoms with Crippen molar-refractivity contribution in [2.45, 2.75) is 20.8 Å². The van der Waals surface area contributed by atoms with E-state index < -0.39 is 5.41 Å². The molecule has 0 amide bonds. The monoisotopic (exact) mass is 460 g/mol. The molecular formula is C18H19BrCl2N2O3. The maximum atomic E-state index is 13.0. The topological polar surface area (TPSA) is 61.2 Å². The zero-order chi connectivity index (χ0) is 19.6. The number of benzene rings is 1. The van der Waals surface area contributed by atoms with Crippen molar-refractivity contribution in [3.05, 3.63) is 45.1 Å². The zero-order valence-corrected chi connectivity index (χ0v) is 18.0. The third-order valence-corrected chi connectivity index (χ3v) is 5.95. The Balaban J connectivity index is 2.36. The number of carbonyl (C=O) groups is 2. The van der Waals surface area contributed by atoms with Crippen molar-refractivity contribution < 1.29 is 14.3 Å². The van der Waals surface area contributed by atoms with Crippen molar-refractivity contribution in [2.75, 3.05) is 11.9 Å². The molecule has 0 fully saturated rings. The highest BCUT2D eigenvalue weighted by atomic mass is 79.9. The van der Waals surface area contributed by atoms with Gasteiger partial charge in [-0.15, -0.1) is 0 Å². The number of alkyl halides is 1. The lowest BCUT2D eigenvalue weighted by molar-refractivity contribution is -0.128. The van der Waals surface area contributed by atoms with Crippen molar-refractivity contribution >= 4 is 50.7 Å². The van der Waals surface area contributed by atoms with Gasteiger partial charge in [-0.2, -0.15) is 5.10 Å². The summed E-state index contributed by atoms with van der Waals surface area (Å²) < 4.78 is 7.13. The summed E-state index contributed by atoms with van der Waals surface area (Å²) in [6.07, 6.45) is 0. The minimum absolute atomic E-state index is 0.0869. The molecule has 0 spiro atoms. The van der Waals surface area contributed by atoms with E-state index in [4.69, 9.17) is 27.9 Å². The van der Waals surface area contributed by atoms with Crippen LogP contribution in [0.2, 0.25) is 10.0 Å². The Bertz CT molecular complexity index is 862. The summed E-state index contributed by atoms with van der Waals surface area (Å²) in [5.74, 6) is -0.187. The van der Waals surface area contributed by atoms with E-state index in [0.717, 1.165) is 0 Å². The minimum atomic E-state index is -0.572. The highest BCUT2D eigenvalue weighted by Crippen LogP contribution is 2.29. The number of aryl methyl sites for hydroxylation is 2. The van der Waals surface area contributed by atoms with Crippen LogP contribution in [-0.4, -0.2) is 33.3 Å². The normalized spacial score (nSPS) is 11.5. The first-order valence-electron chi connectivity index (χ1n) is 7.84. The van der Waals surface area contributed by atoms with Gasteiger partial charge < -0.3 is 4.74 Å². The number of hydrogen-bond acceptors (Lipinski definition) is 4. The molecule has 2 rings (SSSR count). The number of halogens is 3. The lowest BCUT2D eigenvalue weighted by Gasteiger charge is -2.20. The van der Waals surface area contributed by atoms with Crippen molar-refractivity contribution in [3.8, 4) is 5.88 Å². The molecule has 2 aromatic rings. The van der Waals surface area contributed by atoms with Gasteiger partial charge in [-0.25, -0.2) is 4.68 Å². The summed E-state index contributed by atoms with van der Waals surface area (Å²) in [6, 6.07) is 4.65. The van der Waals surface area contributed by atoms with Gasteiger partial charge in [0.05, 0.1) is 10.7 Å². The van der Waals surface area contributed by atoms with Crippen LogP contribution >= 0.6 is 39.1 Å². The van der Waals surface area contributed by atoms with Gasteiger partial charge in [0.1, 0.15) is 12.2 Å². The van der Waals surface area contributed by atoms with Gasteiger partial charge in [-0.05, 0) is 25.1 Å². The molecule has 8 heteroatoms. The highest BCUT2D eigenvalue weighted by Gasteiger charge is 2.29. The quantitative estimate of drug-likeness (QED) is 0.445. The molecule has 1 heterocycles. The number of rotatable bonds is 7. The van der Waals surface area contributed by atoms with E-state index in [-0.39, 0.29) is 34.6 Å². The molecule has 0 radical (unpaired) electrons. The molecule has 1 aromatic heterocycles. The van der Waals surface area contributed by atoms with E-state index in [9.17, 15) is 9.59 Å². The number of nitrogens with zero attached hydrogens (tertiary/aromatic N) is 2. The van der Waals surface area contributed by atoms with Gasteiger partial charge in [0.25, 0.3) is 0 Å². The van der Waals surface area contributed by atoms with Crippen molar-refractivity contribution in [1.82, 2.24) is 9.78 Å². The third-order valence-electron chi connectivity index (χ3n) is 4.00. The molecular weight excluding hydrogens is 443 g/mol. The van der Waals surface area contributed by atoms with Crippen molar-refractivity contribution in [2.24, 2.45) is 12.5 Å². The summed E-state index contributed by atoms with van der Waals surface area (Å²) in [6.45, 7) is 5.18. The van der Waals surface area contributed by atoms with Gasteiger partial charge in [0, 0.05) is 28.4 Å². The average Bonchev–Trinajstić information content (AvgIpc) is 2.85. The van der Waals surface area contributed by atoms with E-state index in [1.165, 1.54) is 10.7 Å². The minimum Gasteiger partial charge on any atom is -0.469 e. The molecule has 0 aliphatic rings. The van der Waals surface area contributed by atoms with E-state index in [0.29, 0.717) is 21.6 Å². The summed E-state index contributed by atoms with van der Waals surface area (Å²) in [7, 11) is 1.66. The molecule has 0 bridgehead atoms. The van der Waals surface area contributed by atoms with E-state index in [1.54, 1.807) is 26.1 Å². The molecule has 0 saturated heterocycles. The number of hydrogen-bond donors (Lipinski definition) is 0. The average molecular weight is 462 g/mol. The van der Waals surface area contributed by atoms with Crippen LogP contribution in [0.15, 0.2) is 18.2 Å². The Morgan fingerprint density at radius 3 is 2.54 bits per heavy atom. The number of carbonyl (C=O) groups excluding carboxylic acids is 2. The smallest absolute Gasteiger partial charge is 0.223 e. The molecule has 5 nitrogen and oxygen atoms in total. The fourth-order valence-electron chi connectivity index (χ4n) is 2.28. The molecule has 0 atom stereocenters. The maximum Gasteiger partial charge on any atom is 0.223 e. The summed E-state index contributed by atoms with van der Waals surface area (Å²) >= 11 is 15.4. The third kappa shape index (κ3) is 4.30. The lowest BCUT2D eigenvalue weighted by atomic mass is 9.91. The first kappa shape index (κ1) is 20.9. The molecule has 0 unspecified atom stereocenters. The molecule has 1 aromatic carbocycles. The number of ether oxygens (including phenoxy) is 1. The second-order valence-corrected chi connectivity index (χ2v) is 7.98. The van der Waals surface area contributed by atoms with Gasteiger partial charge in [0.15, 0.2) is 5.78 Å². The van der Waals surface area contributed by atoms with Crippen LogP contribution in [-0.2, 0) is 11.8 Å². The Morgan fingerprint density at radius 2 is 1.96 bits per heavy atom. The van der Waals surface area contributed by atoms with Crippen LogP contribution in [0.25, 0.3) is 0 Å². The van der Waals surface area contributed by atoms with Gasteiger partial charge >= 0.3 is 0 Å². The zero-order valence-electron chi connectivity index (χ0n) is 14.9. The number of aromatic nitrogens is 2. The van der Waals surface area contributed by atoms with Crippen LogP contribution in [0.4, 0.5) is 0 Å². The fourth-order valence-corrected chi connectivity index (χ4v) is 3.08. The lowest BCUT2D eigenvalue weighted by Crippen LogP contribution is -2.31. The Labute approximate surface area is 170 Å². The predicted octanol–water partition coefficient (Wildman–Crippen LogP) is 4.64. The molecule has 140 valence electrons. The summed E-state index contributed by atoms with van der Waals surface area (Å²) in [5.41, 5.74) is 0.494. The van der Waals surface area contributed by atoms with E-state index in [1.807, 2.05) is 13.8 Å². The Morgan fingerprint density at radius 1 is 1.31 bits per heavy atom. The molecule has 0 N–H and O–H groups in total. The molecule has 26 heavy (non-hydrogen) atoms. The van der Waals surface area contributed by atoms with Crippen molar-refractivity contribution in [3.63, 3.8) is 0 Å². The van der Waals surface area contributed by atoms with Crippen LogP contribution in [0.1, 0.15) is 35.5 Å². The standard InChI is InChI=1S/C18H19BrCl2N2O3/c1-10-15(16(25)12-6-5-11(20)7-13(12)21)17(23(4)22-10)26-8-14(24)18(2,3)9-19/h5-7H,8-9H2,1-4H3. The Kier molecular flexibility index (Phi) is 6.53. The van der Waals surface area contributed by atoms with Crippen molar-refractivity contribution in [1.29, 1.82) is 0 Å². The van der Waals surface area contributed by atoms with Gasteiger partial charge in [0.2, 0.25) is 11.7 Å². The molecule has 0 saturated carbocycles. The van der Waals surface area contributed by atoms with Gasteiger partial charge in [-0.3, -0.25) is 9.59 Å².